The molecule has 0 atom stereocenters. The molecule has 7 heteroatoms. The van der Waals surface area contributed by atoms with E-state index < -0.39 is 17.5 Å². The predicted octanol–water partition coefficient (Wildman–Crippen LogP) is 1.85. The first kappa shape index (κ1) is 12.4. The van der Waals surface area contributed by atoms with Gasteiger partial charge in [0.1, 0.15) is 6.61 Å². The van der Waals surface area contributed by atoms with Crippen LogP contribution in [-0.4, -0.2) is 22.6 Å². The highest BCUT2D eigenvalue weighted by molar-refractivity contribution is 6.31. The number of hydrogen-bond acceptors (Lipinski definition) is 4. The van der Waals surface area contributed by atoms with Crippen LogP contribution in [0.25, 0.3) is 0 Å². The highest BCUT2D eigenvalue weighted by Crippen LogP contribution is 2.22. The summed E-state index contributed by atoms with van der Waals surface area (Å²) in [6.07, 6.45) is 0. The molecule has 0 fully saturated rings. The van der Waals surface area contributed by atoms with Crippen LogP contribution in [0.15, 0.2) is 18.2 Å². The van der Waals surface area contributed by atoms with Crippen molar-refractivity contribution in [3.63, 3.8) is 0 Å². The van der Waals surface area contributed by atoms with E-state index >= 15 is 0 Å². The molecule has 0 radical (unpaired) electrons. The molecule has 0 saturated heterocycles. The van der Waals surface area contributed by atoms with Crippen LogP contribution in [-0.2, 0) is 16.1 Å². The van der Waals surface area contributed by atoms with E-state index in [9.17, 15) is 14.9 Å². The zero-order chi connectivity index (χ0) is 12.1. The van der Waals surface area contributed by atoms with E-state index in [4.69, 9.17) is 21.4 Å². The summed E-state index contributed by atoms with van der Waals surface area (Å²) >= 11 is 5.77. The van der Waals surface area contributed by atoms with Crippen molar-refractivity contribution in [2.45, 2.75) is 6.61 Å². The SMILES string of the molecule is O=C(O)COCc1cc([N+](=O)[O-])ccc1Cl. The molecule has 1 aromatic rings. The average Bonchev–Trinajstić information content (AvgIpc) is 2.20. The minimum Gasteiger partial charge on any atom is -0.480 e. The highest BCUT2D eigenvalue weighted by atomic mass is 35.5. The first-order valence-electron chi connectivity index (χ1n) is 4.23. The number of nitro benzene ring substituents is 1. The third kappa shape index (κ3) is 3.48. The van der Waals surface area contributed by atoms with Gasteiger partial charge in [-0.05, 0) is 6.07 Å². The van der Waals surface area contributed by atoms with Gasteiger partial charge in [-0.2, -0.15) is 0 Å². The fraction of sp³-hybridized carbons (Fsp3) is 0.222. The van der Waals surface area contributed by atoms with Gasteiger partial charge in [-0.25, -0.2) is 4.79 Å². The van der Waals surface area contributed by atoms with Gasteiger partial charge in [0.15, 0.2) is 0 Å². The Labute approximate surface area is 95.6 Å². The Kier molecular flexibility index (Phi) is 4.21. The zero-order valence-electron chi connectivity index (χ0n) is 8.05. The predicted molar refractivity (Wildman–Crippen MR) is 55.4 cm³/mol. The van der Waals surface area contributed by atoms with E-state index in [0.717, 1.165) is 0 Å². The fourth-order valence-corrected chi connectivity index (χ4v) is 1.21. The Balaban J connectivity index is 2.74. The highest BCUT2D eigenvalue weighted by Gasteiger charge is 2.10. The topological polar surface area (TPSA) is 89.7 Å². The second-order valence-electron chi connectivity index (χ2n) is 2.92. The number of halogens is 1. The van der Waals surface area contributed by atoms with Gasteiger partial charge >= 0.3 is 5.97 Å². The molecule has 0 unspecified atom stereocenters. The van der Waals surface area contributed by atoms with Gasteiger partial charge in [-0.1, -0.05) is 11.6 Å². The van der Waals surface area contributed by atoms with E-state index in [1.54, 1.807) is 0 Å². The Morgan fingerprint density at radius 2 is 2.25 bits per heavy atom. The number of benzene rings is 1. The minimum atomic E-state index is -1.11. The summed E-state index contributed by atoms with van der Waals surface area (Å²) in [4.78, 5) is 20.1. The summed E-state index contributed by atoms with van der Waals surface area (Å²) in [5, 5.41) is 19.1. The summed E-state index contributed by atoms with van der Waals surface area (Å²) < 4.78 is 4.79. The second-order valence-corrected chi connectivity index (χ2v) is 3.33. The lowest BCUT2D eigenvalue weighted by molar-refractivity contribution is -0.384. The van der Waals surface area contributed by atoms with Gasteiger partial charge in [0.25, 0.3) is 5.69 Å². The molecule has 0 aliphatic carbocycles. The number of rotatable bonds is 5. The van der Waals surface area contributed by atoms with Crippen molar-refractivity contribution in [2.24, 2.45) is 0 Å². The first-order valence-corrected chi connectivity index (χ1v) is 4.61. The summed E-state index contributed by atoms with van der Waals surface area (Å²) in [6, 6.07) is 3.90. The van der Waals surface area contributed by atoms with Crippen LogP contribution in [0.1, 0.15) is 5.56 Å². The lowest BCUT2D eigenvalue weighted by Gasteiger charge is -2.03. The van der Waals surface area contributed by atoms with Gasteiger partial charge in [0.05, 0.1) is 11.5 Å². The standard InChI is InChI=1S/C9H8ClNO5/c10-8-2-1-7(11(14)15)3-6(8)4-16-5-9(12)13/h1-3H,4-5H2,(H,12,13). The van der Waals surface area contributed by atoms with Gasteiger partial charge < -0.3 is 9.84 Å². The molecule has 0 amide bonds. The van der Waals surface area contributed by atoms with Crippen LogP contribution in [0.3, 0.4) is 0 Å². The number of hydrogen-bond donors (Lipinski definition) is 1. The van der Waals surface area contributed by atoms with Crippen LogP contribution in [0, 0.1) is 10.1 Å². The summed E-state index contributed by atoms with van der Waals surface area (Å²) in [5.74, 6) is -1.11. The molecule has 0 aliphatic heterocycles. The van der Waals surface area contributed by atoms with Crippen LogP contribution >= 0.6 is 11.6 Å². The largest absolute Gasteiger partial charge is 0.480 e. The number of nitro groups is 1. The van der Waals surface area contributed by atoms with Crippen molar-refractivity contribution in [1.29, 1.82) is 0 Å². The first-order chi connectivity index (χ1) is 7.50. The van der Waals surface area contributed by atoms with Crippen LogP contribution in [0.4, 0.5) is 5.69 Å². The normalized spacial score (nSPS) is 10.1. The van der Waals surface area contributed by atoms with E-state index in [2.05, 4.69) is 0 Å². The average molecular weight is 246 g/mol. The summed E-state index contributed by atoms with van der Waals surface area (Å²) in [7, 11) is 0. The monoisotopic (exact) mass is 245 g/mol. The van der Waals surface area contributed by atoms with Gasteiger partial charge in [0, 0.05) is 22.7 Å². The van der Waals surface area contributed by atoms with Gasteiger partial charge in [-0.15, -0.1) is 0 Å². The van der Waals surface area contributed by atoms with Crippen molar-refractivity contribution in [3.8, 4) is 0 Å². The third-order valence-corrected chi connectivity index (χ3v) is 2.09. The molecular weight excluding hydrogens is 238 g/mol. The molecule has 0 aromatic heterocycles. The molecule has 0 bridgehead atoms. The molecule has 0 heterocycles. The molecular formula is C9H8ClNO5. The number of ether oxygens (including phenoxy) is 1. The van der Waals surface area contributed by atoms with E-state index in [-0.39, 0.29) is 12.3 Å². The molecule has 0 aliphatic rings. The molecule has 16 heavy (non-hydrogen) atoms. The number of non-ortho nitro benzene ring substituents is 1. The van der Waals surface area contributed by atoms with Crippen LogP contribution in [0.2, 0.25) is 5.02 Å². The van der Waals surface area contributed by atoms with Crippen LogP contribution in [0.5, 0.6) is 0 Å². The summed E-state index contributed by atoms with van der Waals surface area (Å²) in [6.45, 7) is -0.550. The molecule has 1 N–H and O–H groups in total. The molecule has 1 rings (SSSR count). The number of carboxylic acid groups (broad SMARTS) is 1. The zero-order valence-corrected chi connectivity index (χ0v) is 8.81. The molecule has 1 aromatic carbocycles. The number of carboxylic acids is 1. The van der Waals surface area contributed by atoms with E-state index in [1.165, 1.54) is 18.2 Å². The molecule has 86 valence electrons. The van der Waals surface area contributed by atoms with E-state index in [0.29, 0.717) is 10.6 Å². The Bertz CT molecular complexity index is 420. The van der Waals surface area contributed by atoms with Gasteiger partial charge in [-0.3, -0.25) is 10.1 Å². The second kappa shape index (κ2) is 5.43. The quantitative estimate of drug-likeness (QED) is 0.632. The third-order valence-electron chi connectivity index (χ3n) is 1.72. The van der Waals surface area contributed by atoms with Crippen molar-refractivity contribution >= 4 is 23.3 Å². The van der Waals surface area contributed by atoms with Gasteiger partial charge in [0.2, 0.25) is 0 Å². The van der Waals surface area contributed by atoms with Crippen molar-refractivity contribution in [3.05, 3.63) is 38.9 Å². The Morgan fingerprint density at radius 3 is 2.81 bits per heavy atom. The van der Waals surface area contributed by atoms with E-state index in [1.807, 2.05) is 0 Å². The lowest BCUT2D eigenvalue weighted by atomic mass is 10.2. The Morgan fingerprint density at radius 1 is 1.56 bits per heavy atom. The van der Waals surface area contributed by atoms with Crippen molar-refractivity contribution in [1.82, 2.24) is 0 Å². The number of aliphatic carboxylic acids is 1. The molecule has 0 spiro atoms. The smallest absolute Gasteiger partial charge is 0.329 e. The fourth-order valence-electron chi connectivity index (χ4n) is 1.03. The number of nitrogens with zero attached hydrogens (tertiary/aromatic N) is 1. The van der Waals surface area contributed by atoms with Crippen molar-refractivity contribution in [2.75, 3.05) is 6.61 Å². The maximum Gasteiger partial charge on any atom is 0.329 e. The summed E-state index contributed by atoms with van der Waals surface area (Å²) in [5.41, 5.74) is 0.274. The maximum atomic E-state index is 10.5. The molecule has 0 saturated carbocycles. The lowest BCUT2D eigenvalue weighted by Crippen LogP contribution is -2.07. The Hall–Kier alpha value is -1.66. The van der Waals surface area contributed by atoms with Crippen molar-refractivity contribution < 1.29 is 19.6 Å². The number of carbonyl (C=O) groups is 1. The maximum absolute atomic E-state index is 10.5. The van der Waals surface area contributed by atoms with Crippen LogP contribution < -0.4 is 0 Å². The minimum absolute atomic E-state index is 0.0766. The molecule has 6 nitrogen and oxygen atoms in total.